The van der Waals surface area contributed by atoms with Crippen molar-refractivity contribution in [2.24, 2.45) is 0 Å². The monoisotopic (exact) mass is 394 g/mol. The van der Waals surface area contributed by atoms with Crippen LogP contribution in [0.4, 0.5) is 19.0 Å². The van der Waals surface area contributed by atoms with Gasteiger partial charge in [0.1, 0.15) is 11.6 Å². The summed E-state index contributed by atoms with van der Waals surface area (Å²) >= 11 is 0. The van der Waals surface area contributed by atoms with Crippen LogP contribution in [0.1, 0.15) is 42.3 Å². The number of ether oxygens (including phenoxy) is 1. The van der Waals surface area contributed by atoms with Crippen molar-refractivity contribution < 1.29 is 17.9 Å². The highest BCUT2D eigenvalue weighted by atomic mass is 19.4. The van der Waals surface area contributed by atoms with Gasteiger partial charge < -0.3 is 20.4 Å². The van der Waals surface area contributed by atoms with Crippen molar-refractivity contribution in [3.63, 3.8) is 0 Å². The third-order valence-corrected chi connectivity index (χ3v) is 4.66. The summed E-state index contributed by atoms with van der Waals surface area (Å²) in [7, 11) is 0. The lowest BCUT2D eigenvalue weighted by Crippen LogP contribution is -2.34. The van der Waals surface area contributed by atoms with E-state index in [2.05, 4.69) is 15.3 Å². The highest BCUT2D eigenvalue weighted by Crippen LogP contribution is 2.32. The minimum atomic E-state index is -4.49. The number of nitrogens with one attached hydrogen (secondary N) is 3. The molecule has 0 saturated carbocycles. The van der Waals surface area contributed by atoms with Crippen molar-refractivity contribution in [3.05, 3.63) is 57.1 Å². The molecule has 1 aromatic carbocycles. The van der Waals surface area contributed by atoms with E-state index in [-0.39, 0.29) is 41.3 Å². The van der Waals surface area contributed by atoms with Crippen LogP contribution >= 0.6 is 0 Å². The van der Waals surface area contributed by atoms with Crippen molar-refractivity contribution >= 4 is 12.0 Å². The summed E-state index contributed by atoms with van der Waals surface area (Å²) in [4.78, 5) is 19.1. The molecule has 2 aromatic rings. The van der Waals surface area contributed by atoms with Crippen LogP contribution in [0.3, 0.4) is 0 Å². The maximum atomic E-state index is 13.2. The summed E-state index contributed by atoms with van der Waals surface area (Å²) in [6.45, 7) is 2.50. The van der Waals surface area contributed by atoms with Crippen LogP contribution in [0.5, 0.6) is 0 Å². The Bertz CT molecular complexity index is 911. The van der Waals surface area contributed by atoms with E-state index in [9.17, 15) is 18.0 Å². The van der Waals surface area contributed by atoms with Crippen LogP contribution in [0, 0.1) is 5.41 Å². The molecule has 1 saturated heterocycles. The number of hydrogen-bond acceptors (Lipinski definition) is 5. The number of nitrogens with zero attached hydrogens (tertiary/aromatic N) is 1. The Kier molecular flexibility index (Phi) is 5.83. The summed E-state index contributed by atoms with van der Waals surface area (Å²) in [5.74, 6) is 0.312. The minimum absolute atomic E-state index is 0.00654. The Labute approximate surface area is 159 Å². The fraction of sp³-hybridized carbons (Fsp3) is 0.421. The number of anilines is 1. The highest BCUT2D eigenvalue weighted by Gasteiger charge is 2.33. The van der Waals surface area contributed by atoms with E-state index < -0.39 is 17.3 Å². The summed E-state index contributed by atoms with van der Waals surface area (Å²) in [5.41, 5.74) is -1.26. The lowest BCUT2D eigenvalue weighted by Gasteiger charge is -2.28. The van der Waals surface area contributed by atoms with Gasteiger partial charge in [0.15, 0.2) is 0 Å². The molecule has 2 heterocycles. The zero-order chi connectivity index (χ0) is 20.3. The number of hydrogen-bond donors (Lipinski definition) is 3. The molecule has 3 rings (SSSR count). The maximum Gasteiger partial charge on any atom is 0.416 e. The number of aromatic nitrogens is 2. The zero-order valence-corrected chi connectivity index (χ0v) is 15.3. The summed E-state index contributed by atoms with van der Waals surface area (Å²) in [6.07, 6.45) is -2.31. The Hall–Kier alpha value is -2.68. The topological polar surface area (TPSA) is 90.9 Å². The van der Waals surface area contributed by atoms with Crippen molar-refractivity contribution in [2.75, 3.05) is 11.9 Å². The van der Waals surface area contributed by atoms with Gasteiger partial charge in [0.25, 0.3) is 5.56 Å². The van der Waals surface area contributed by atoms with E-state index in [1.165, 1.54) is 18.2 Å². The maximum absolute atomic E-state index is 13.2. The van der Waals surface area contributed by atoms with Crippen molar-refractivity contribution in [2.45, 2.75) is 44.5 Å². The molecule has 1 fully saturated rings. The zero-order valence-electron chi connectivity index (χ0n) is 15.3. The molecular formula is C19H21F3N4O2. The quantitative estimate of drug-likeness (QED) is 0.679. The Morgan fingerprint density at radius 1 is 1.39 bits per heavy atom. The number of rotatable bonds is 5. The van der Waals surface area contributed by atoms with Crippen LogP contribution in [0.25, 0.3) is 0 Å². The summed E-state index contributed by atoms with van der Waals surface area (Å²) in [6, 6.07) is 5.20. The molecule has 0 radical (unpaired) electrons. The van der Waals surface area contributed by atoms with Crippen LogP contribution in [-0.2, 0) is 17.3 Å². The van der Waals surface area contributed by atoms with E-state index in [4.69, 9.17) is 10.1 Å². The van der Waals surface area contributed by atoms with Crippen molar-refractivity contribution in [3.8, 4) is 0 Å². The molecule has 3 N–H and O–H groups in total. The average Bonchev–Trinajstić information content (AvgIpc) is 2.61. The van der Waals surface area contributed by atoms with Crippen LogP contribution in [0.15, 0.2) is 29.1 Å². The van der Waals surface area contributed by atoms with E-state index in [0.717, 1.165) is 12.3 Å². The van der Waals surface area contributed by atoms with Gasteiger partial charge in [0.05, 0.1) is 17.2 Å². The first-order valence-corrected chi connectivity index (χ1v) is 8.95. The molecule has 0 bridgehead atoms. The molecule has 9 heteroatoms. The molecule has 0 unspecified atom stereocenters. The summed E-state index contributed by atoms with van der Waals surface area (Å²) < 4.78 is 45.2. The van der Waals surface area contributed by atoms with Gasteiger partial charge in [-0.3, -0.25) is 4.79 Å². The Morgan fingerprint density at radius 3 is 2.82 bits per heavy atom. The second-order valence-electron chi connectivity index (χ2n) is 6.80. The van der Waals surface area contributed by atoms with E-state index >= 15 is 0 Å². The second-order valence-corrected chi connectivity index (χ2v) is 6.80. The van der Waals surface area contributed by atoms with Gasteiger partial charge in [0.2, 0.25) is 0 Å². The molecule has 1 aliphatic heterocycles. The van der Waals surface area contributed by atoms with Gasteiger partial charge in [0, 0.05) is 25.3 Å². The Morgan fingerprint density at radius 2 is 2.14 bits per heavy atom. The van der Waals surface area contributed by atoms with Crippen LogP contribution < -0.4 is 10.9 Å². The Balaban J connectivity index is 1.92. The first kappa shape index (κ1) is 20.1. The average molecular weight is 394 g/mol. The largest absolute Gasteiger partial charge is 0.416 e. The number of halogens is 3. The molecule has 1 aromatic heterocycles. The molecular weight excluding hydrogens is 373 g/mol. The first-order chi connectivity index (χ1) is 13.3. The number of alkyl halides is 3. The van der Waals surface area contributed by atoms with Crippen LogP contribution in [0.2, 0.25) is 0 Å². The molecule has 0 spiro atoms. The summed E-state index contributed by atoms with van der Waals surface area (Å²) in [5, 5.41) is 10.6. The van der Waals surface area contributed by atoms with E-state index in [1.54, 1.807) is 0 Å². The lowest BCUT2D eigenvalue weighted by molar-refractivity contribution is -0.138. The first-order valence-electron chi connectivity index (χ1n) is 8.95. The van der Waals surface area contributed by atoms with Gasteiger partial charge in [-0.05, 0) is 31.4 Å². The van der Waals surface area contributed by atoms with Gasteiger partial charge in [-0.2, -0.15) is 13.2 Å². The third kappa shape index (κ3) is 4.59. The molecule has 0 amide bonds. The second kappa shape index (κ2) is 8.14. The standard InChI is InChI=1S/C19H21F3N4O2/c1-11-8-13(6-7-28-11)24-17-14(10-23)18(27)26-16(25-17)9-12-4-2-3-5-15(12)19(20,21)22/h2-5,10-11,13,23H,6-9H2,1H3,(H2,24,25,26,27)/t11-,13-/m1/s1. The molecule has 6 nitrogen and oxygen atoms in total. The highest BCUT2D eigenvalue weighted by molar-refractivity contribution is 5.83. The molecule has 150 valence electrons. The number of benzene rings is 1. The van der Waals surface area contributed by atoms with Crippen LogP contribution in [-0.4, -0.2) is 34.9 Å². The smallest absolute Gasteiger partial charge is 0.378 e. The van der Waals surface area contributed by atoms with Gasteiger partial charge in [-0.1, -0.05) is 18.2 Å². The third-order valence-electron chi connectivity index (χ3n) is 4.66. The molecule has 2 atom stereocenters. The fourth-order valence-corrected chi connectivity index (χ4v) is 3.31. The SMILES string of the molecule is C[C@@H]1C[C@H](Nc2nc(Cc3ccccc3C(F)(F)F)[nH]c(=O)c2C=N)CCO1. The minimum Gasteiger partial charge on any atom is -0.378 e. The molecule has 28 heavy (non-hydrogen) atoms. The predicted octanol–water partition coefficient (Wildman–Crippen LogP) is 3.36. The fourth-order valence-electron chi connectivity index (χ4n) is 3.31. The molecule has 1 aliphatic rings. The van der Waals surface area contributed by atoms with Gasteiger partial charge in [-0.25, -0.2) is 4.98 Å². The number of aromatic amines is 1. The normalized spacial score (nSPS) is 20.0. The van der Waals surface area contributed by atoms with Crippen molar-refractivity contribution in [1.29, 1.82) is 5.41 Å². The van der Waals surface area contributed by atoms with E-state index in [0.29, 0.717) is 19.4 Å². The predicted molar refractivity (Wildman–Crippen MR) is 99.1 cm³/mol. The number of H-pyrrole nitrogens is 1. The lowest BCUT2D eigenvalue weighted by atomic mass is 10.0. The van der Waals surface area contributed by atoms with Gasteiger partial charge >= 0.3 is 6.18 Å². The molecule has 0 aliphatic carbocycles. The van der Waals surface area contributed by atoms with Gasteiger partial charge in [-0.15, -0.1) is 0 Å². The van der Waals surface area contributed by atoms with E-state index in [1.807, 2.05) is 6.92 Å². The van der Waals surface area contributed by atoms with Crippen molar-refractivity contribution in [1.82, 2.24) is 9.97 Å².